The smallest absolute Gasteiger partial charge is 0.246 e. The minimum Gasteiger partial charge on any atom is -0.360 e. The van der Waals surface area contributed by atoms with Gasteiger partial charge in [0.15, 0.2) is 5.76 Å². The van der Waals surface area contributed by atoms with E-state index in [1.54, 1.807) is 38.5 Å². The predicted molar refractivity (Wildman–Crippen MR) is 87.5 cm³/mol. The summed E-state index contributed by atoms with van der Waals surface area (Å²) in [7, 11) is -3.73. The van der Waals surface area contributed by atoms with Gasteiger partial charge in [-0.1, -0.05) is 11.2 Å². The molecule has 0 bridgehead atoms. The lowest BCUT2D eigenvalue weighted by atomic mass is 10.1. The predicted octanol–water partition coefficient (Wildman–Crippen LogP) is 2.23. The topological polar surface area (TPSA) is 98.0 Å². The van der Waals surface area contributed by atoms with Crippen LogP contribution in [-0.2, 0) is 16.6 Å². The third-order valence-electron chi connectivity index (χ3n) is 3.52. The van der Waals surface area contributed by atoms with Crippen LogP contribution in [0.3, 0.4) is 0 Å². The molecule has 3 aromatic rings. The van der Waals surface area contributed by atoms with Gasteiger partial charge in [-0.25, -0.2) is 13.1 Å². The monoisotopic (exact) mass is 344 g/mol. The summed E-state index contributed by atoms with van der Waals surface area (Å²) in [4.78, 5) is 8.50. The van der Waals surface area contributed by atoms with Gasteiger partial charge in [-0.05, 0) is 37.6 Å². The Morgan fingerprint density at radius 3 is 2.62 bits per heavy atom. The van der Waals surface area contributed by atoms with Crippen LogP contribution in [0.2, 0.25) is 0 Å². The Balaban J connectivity index is 1.88. The summed E-state index contributed by atoms with van der Waals surface area (Å²) in [5, 5.41) is 3.69. The molecule has 3 aromatic heterocycles. The molecule has 0 fully saturated rings. The first-order chi connectivity index (χ1) is 11.5. The van der Waals surface area contributed by atoms with Crippen molar-refractivity contribution < 1.29 is 12.9 Å². The quantitative estimate of drug-likeness (QED) is 0.762. The molecule has 0 saturated carbocycles. The molecule has 7 nitrogen and oxygen atoms in total. The van der Waals surface area contributed by atoms with E-state index in [-0.39, 0.29) is 17.2 Å². The highest BCUT2D eigenvalue weighted by Crippen LogP contribution is 2.22. The maximum atomic E-state index is 12.5. The van der Waals surface area contributed by atoms with E-state index in [0.717, 1.165) is 11.1 Å². The first kappa shape index (κ1) is 16.3. The highest BCUT2D eigenvalue weighted by atomic mass is 32.2. The van der Waals surface area contributed by atoms with Crippen LogP contribution in [0.15, 0.2) is 52.3 Å². The van der Waals surface area contributed by atoms with E-state index in [1.165, 1.54) is 0 Å². The van der Waals surface area contributed by atoms with Crippen molar-refractivity contribution in [3.63, 3.8) is 0 Å². The number of nitrogens with one attached hydrogen (secondary N) is 1. The van der Waals surface area contributed by atoms with E-state index in [0.29, 0.717) is 11.4 Å². The van der Waals surface area contributed by atoms with Crippen molar-refractivity contribution in [2.24, 2.45) is 0 Å². The van der Waals surface area contributed by atoms with Gasteiger partial charge in [0.2, 0.25) is 10.0 Å². The lowest BCUT2D eigenvalue weighted by Gasteiger charge is -2.10. The van der Waals surface area contributed by atoms with Gasteiger partial charge in [0.05, 0.1) is 5.69 Å². The average Bonchev–Trinajstić information content (AvgIpc) is 2.93. The number of nitrogens with zero attached hydrogens (tertiary/aromatic N) is 3. The maximum Gasteiger partial charge on any atom is 0.246 e. The summed E-state index contributed by atoms with van der Waals surface area (Å²) >= 11 is 0. The molecule has 0 aromatic carbocycles. The molecule has 0 aliphatic heterocycles. The molecule has 3 rings (SSSR count). The summed E-state index contributed by atoms with van der Waals surface area (Å²) in [5.74, 6) is 0.263. The standard InChI is InChI=1S/C16H16N4O3S/c1-11-16(12(2)23-20-11)24(21,22)19-10-14-6-4-8-18-15(14)13-5-3-7-17-9-13/h3-9,19H,10H2,1-2H3. The van der Waals surface area contributed by atoms with Crippen LogP contribution in [0.4, 0.5) is 0 Å². The zero-order chi connectivity index (χ0) is 17.2. The fraction of sp³-hybridized carbons (Fsp3) is 0.188. The summed E-state index contributed by atoms with van der Waals surface area (Å²) < 4.78 is 32.5. The molecule has 124 valence electrons. The number of aromatic nitrogens is 3. The highest BCUT2D eigenvalue weighted by molar-refractivity contribution is 7.89. The van der Waals surface area contributed by atoms with Crippen molar-refractivity contribution in [2.75, 3.05) is 0 Å². The van der Waals surface area contributed by atoms with E-state index < -0.39 is 10.0 Å². The van der Waals surface area contributed by atoms with Crippen molar-refractivity contribution in [3.8, 4) is 11.3 Å². The van der Waals surface area contributed by atoms with Gasteiger partial charge < -0.3 is 4.52 Å². The van der Waals surface area contributed by atoms with Crippen molar-refractivity contribution >= 4 is 10.0 Å². The molecule has 0 aliphatic carbocycles. The van der Waals surface area contributed by atoms with Crippen LogP contribution >= 0.6 is 0 Å². The molecule has 0 aliphatic rings. The molecule has 8 heteroatoms. The molecular weight excluding hydrogens is 328 g/mol. The zero-order valence-corrected chi connectivity index (χ0v) is 14.0. The summed E-state index contributed by atoms with van der Waals surface area (Å²) in [5.41, 5.74) is 2.59. The fourth-order valence-corrected chi connectivity index (χ4v) is 3.78. The number of hydrogen-bond donors (Lipinski definition) is 1. The van der Waals surface area contributed by atoms with Crippen molar-refractivity contribution in [1.82, 2.24) is 19.8 Å². The Kier molecular flexibility index (Phi) is 4.41. The molecule has 0 amide bonds. The number of aryl methyl sites for hydroxylation is 2. The Bertz CT molecular complexity index is 933. The van der Waals surface area contributed by atoms with E-state index in [2.05, 4.69) is 19.8 Å². The number of rotatable bonds is 5. The summed E-state index contributed by atoms with van der Waals surface area (Å²) in [6.45, 7) is 3.26. The van der Waals surface area contributed by atoms with Gasteiger partial charge in [0, 0.05) is 30.7 Å². The summed E-state index contributed by atoms with van der Waals surface area (Å²) in [6, 6.07) is 7.27. The van der Waals surface area contributed by atoms with E-state index in [1.807, 2.05) is 18.2 Å². The van der Waals surface area contributed by atoms with Gasteiger partial charge >= 0.3 is 0 Å². The average molecular weight is 344 g/mol. The van der Waals surface area contributed by atoms with Crippen LogP contribution in [0.25, 0.3) is 11.3 Å². The second-order valence-corrected chi connectivity index (χ2v) is 6.93. The van der Waals surface area contributed by atoms with E-state index in [9.17, 15) is 8.42 Å². The van der Waals surface area contributed by atoms with Crippen molar-refractivity contribution in [3.05, 3.63) is 59.9 Å². The van der Waals surface area contributed by atoms with Crippen LogP contribution in [0.1, 0.15) is 17.0 Å². The lowest BCUT2D eigenvalue weighted by Crippen LogP contribution is -2.24. The Hall–Kier alpha value is -2.58. The van der Waals surface area contributed by atoms with Crippen LogP contribution in [0.5, 0.6) is 0 Å². The first-order valence-corrected chi connectivity index (χ1v) is 8.74. The SMILES string of the molecule is Cc1noc(C)c1S(=O)(=O)NCc1cccnc1-c1cccnc1. The maximum absolute atomic E-state index is 12.5. The van der Waals surface area contributed by atoms with Crippen LogP contribution < -0.4 is 4.72 Å². The number of pyridine rings is 2. The second-order valence-electron chi connectivity index (χ2n) is 5.23. The Labute approximate surface area is 139 Å². The highest BCUT2D eigenvalue weighted by Gasteiger charge is 2.24. The van der Waals surface area contributed by atoms with E-state index >= 15 is 0 Å². The largest absolute Gasteiger partial charge is 0.360 e. The second kappa shape index (κ2) is 6.50. The van der Waals surface area contributed by atoms with Gasteiger partial charge in [-0.3, -0.25) is 9.97 Å². The first-order valence-electron chi connectivity index (χ1n) is 7.26. The minimum atomic E-state index is -3.73. The van der Waals surface area contributed by atoms with Gasteiger partial charge in [-0.2, -0.15) is 0 Å². The van der Waals surface area contributed by atoms with Crippen LogP contribution in [0, 0.1) is 13.8 Å². The third kappa shape index (κ3) is 3.19. The number of sulfonamides is 1. The normalized spacial score (nSPS) is 11.6. The molecule has 24 heavy (non-hydrogen) atoms. The molecular formula is C16H16N4O3S. The minimum absolute atomic E-state index is 0.0781. The zero-order valence-electron chi connectivity index (χ0n) is 13.2. The molecule has 0 saturated heterocycles. The fourth-order valence-electron chi connectivity index (χ4n) is 2.45. The van der Waals surface area contributed by atoms with Crippen molar-refractivity contribution in [1.29, 1.82) is 0 Å². The van der Waals surface area contributed by atoms with Crippen LogP contribution in [-0.4, -0.2) is 23.5 Å². The van der Waals surface area contributed by atoms with Gasteiger partial charge in [0.1, 0.15) is 10.6 Å². The molecule has 3 heterocycles. The Morgan fingerprint density at radius 1 is 1.17 bits per heavy atom. The molecule has 0 spiro atoms. The number of hydrogen-bond acceptors (Lipinski definition) is 6. The molecule has 0 unspecified atom stereocenters. The van der Waals surface area contributed by atoms with Crippen molar-refractivity contribution in [2.45, 2.75) is 25.3 Å². The Morgan fingerprint density at radius 2 is 1.96 bits per heavy atom. The van der Waals surface area contributed by atoms with Gasteiger partial charge in [-0.15, -0.1) is 0 Å². The molecule has 0 radical (unpaired) electrons. The lowest BCUT2D eigenvalue weighted by molar-refractivity contribution is 0.390. The molecule has 1 N–H and O–H groups in total. The van der Waals surface area contributed by atoms with E-state index in [4.69, 9.17) is 4.52 Å². The molecule has 0 atom stereocenters. The third-order valence-corrected chi connectivity index (χ3v) is 5.16. The summed E-state index contributed by atoms with van der Waals surface area (Å²) in [6.07, 6.45) is 5.02. The van der Waals surface area contributed by atoms with Gasteiger partial charge in [0.25, 0.3) is 0 Å².